The lowest BCUT2D eigenvalue weighted by molar-refractivity contribution is 0.590. The summed E-state index contributed by atoms with van der Waals surface area (Å²) in [7, 11) is 0. The molecule has 0 radical (unpaired) electrons. The number of nitrogens with zero attached hydrogens (tertiary/aromatic N) is 2. The third kappa shape index (κ3) is 3.37. The first-order valence-corrected chi connectivity index (χ1v) is 7.30. The molecule has 0 saturated heterocycles. The normalized spacial score (nSPS) is 11.9. The van der Waals surface area contributed by atoms with Gasteiger partial charge in [-0.1, -0.05) is 70.5 Å². The smallest absolute Gasteiger partial charge is 0.133 e. The van der Waals surface area contributed by atoms with E-state index in [9.17, 15) is 0 Å². The third-order valence-electron chi connectivity index (χ3n) is 3.28. The van der Waals surface area contributed by atoms with Crippen LogP contribution >= 0.6 is 11.6 Å². The minimum absolute atomic E-state index is 0.158. The third-order valence-corrected chi connectivity index (χ3v) is 3.47. The van der Waals surface area contributed by atoms with E-state index in [1.807, 2.05) is 6.07 Å². The summed E-state index contributed by atoms with van der Waals surface area (Å²) in [5, 5.41) is 0.499. The van der Waals surface area contributed by atoms with Crippen molar-refractivity contribution in [3.05, 3.63) is 46.9 Å². The highest BCUT2D eigenvalue weighted by atomic mass is 35.5. The Labute approximate surface area is 126 Å². The Morgan fingerprint density at radius 1 is 1.00 bits per heavy atom. The number of rotatable bonds is 2. The molecule has 0 aliphatic heterocycles. The Kier molecular flexibility index (Phi) is 4.14. The van der Waals surface area contributed by atoms with E-state index in [4.69, 9.17) is 11.6 Å². The molecule has 1 heterocycles. The molecule has 0 spiro atoms. The summed E-state index contributed by atoms with van der Waals surface area (Å²) >= 11 is 6.10. The number of benzene rings is 1. The van der Waals surface area contributed by atoms with Gasteiger partial charge in [-0.25, -0.2) is 9.97 Å². The van der Waals surface area contributed by atoms with Crippen molar-refractivity contribution in [3.8, 4) is 11.3 Å². The molecule has 0 N–H and O–H groups in total. The van der Waals surface area contributed by atoms with E-state index in [0.29, 0.717) is 5.15 Å². The Bertz CT molecular complexity index is 595. The molecule has 20 heavy (non-hydrogen) atoms. The van der Waals surface area contributed by atoms with E-state index in [2.05, 4.69) is 68.9 Å². The van der Waals surface area contributed by atoms with Crippen LogP contribution in [0, 0.1) is 0 Å². The zero-order valence-corrected chi connectivity index (χ0v) is 13.5. The van der Waals surface area contributed by atoms with Crippen LogP contribution in [0.1, 0.15) is 51.9 Å². The molecule has 1 aromatic carbocycles. The largest absolute Gasteiger partial charge is 0.233 e. The van der Waals surface area contributed by atoms with Gasteiger partial charge in [-0.3, -0.25) is 0 Å². The maximum Gasteiger partial charge on any atom is 0.133 e. The summed E-state index contributed by atoms with van der Waals surface area (Å²) < 4.78 is 0. The van der Waals surface area contributed by atoms with Gasteiger partial charge in [0.25, 0.3) is 0 Å². The van der Waals surface area contributed by atoms with Crippen molar-refractivity contribution in [1.82, 2.24) is 9.97 Å². The first-order valence-electron chi connectivity index (χ1n) is 6.93. The van der Waals surface area contributed by atoms with Crippen molar-refractivity contribution in [2.75, 3.05) is 0 Å². The van der Waals surface area contributed by atoms with Gasteiger partial charge in [-0.15, -0.1) is 0 Å². The maximum atomic E-state index is 6.10. The van der Waals surface area contributed by atoms with Crippen LogP contribution in [0.3, 0.4) is 0 Å². The van der Waals surface area contributed by atoms with Crippen molar-refractivity contribution in [3.63, 3.8) is 0 Å². The minimum atomic E-state index is 0.158. The number of hydrogen-bond donors (Lipinski definition) is 0. The minimum Gasteiger partial charge on any atom is -0.233 e. The highest BCUT2D eigenvalue weighted by Gasteiger charge is 2.14. The van der Waals surface area contributed by atoms with Crippen molar-refractivity contribution in [1.29, 1.82) is 0 Å². The molecule has 0 unspecified atom stereocenters. The molecule has 3 heteroatoms. The molecule has 1 aromatic heterocycles. The maximum absolute atomic E-state index is 6.10. The number of halogens is 1. The van der Waals surface area contributed by atoms with E-state index < -0.39 is 0 Å². The molecular formula is C17H21ClN2. The van der Waals surface area contributed by atoms with Gasteiger partial charge < -0.3 is 0 Å². The van der Waals surface area contributed by atoms with Gasteiger partial charge in [0, 0.05) is 17.5 Å². The Hall–Kier alpha value is -1.41. The van der Waals surface area contributed by atoms with Crippen LogP contribution in [0.2, 0.25) is 5.15 Å². The molecule has 0 bridgehead atoms. The molecule has 2 aromatic rings. The fourth-order valence-corrected chi connectivity index (χ4v) is 2.17. The lowest BCUT2D eigenvalue weighted by Gasteiger charge is -2.19. The molecule has 0 saturated carbocycles. The first-order chi connectivity index (χ1) is 9.27. The second-order valence-electron chi connectivity index (χ2n) is 6.42. The lowest BCUT2D eigenvalue weighted by atomic mass is 9.86. The predicted molar refractivity (Wildman–Crippen MR) is 85.3 cm³/mol. The molecule has 2 nitrogen and oxygen atoms in total. The average Bonchev–Trinajstić information content (AvgIpc) is 2.37. The Morgan fingerprint density at radius 3 is 2.10 bits per heavy atom. The second kappa shape index (κ2) is 5.53. The van der Waals surface area contributed by atoms with Crippen LogP contribution in [-0.4, -0.2) is 9.97 Å². The average molecular weight is 289 g/mol. The Balaban J connectivity index is 2.41. The van der Waals surface area contributed by atoms with Crippen LogP contribution in [-0.2, 0) is 5.41 Å². The summed E-state index contributed by atoms with van der Waals surface area (Å²) in [6, 6.07) is 10.3. The fraction of sp³-hybridized carbons (Fsp3) is 0.412. The van der Waals surface area contributed by atoms with Gasteiger partial charge in [0.15, 0.2) is 0 Å². The molecule has 106 valence electrons. The zero-order valence-electron chi connectivity index (χ0n) is 12.7. The van der Waals surface area contributed by atoms with E-state index >= 15 is 0 Å². The highest BCUT2D eigenvalue weighted by Crippen LogP contribution is 2.27. The van der Waals surface area contributed by atoms with Gasteiger partial charge in [0.1, 0.15) is 11.0 Å². The standard InChI is InChI=1S/C17H21ClN2/c1-11(2)16-19-14(10-15(18)20-16)12-6-8-13(9-7-12)17(3,4)5/h6-11H,1-5H3. The van der Waals surface area contributed by atoms with E-state index in [1.165, 1.54) is 5.56 Å². The molecule has 0 atom stereocenters. The Morgan fingerprint density at radius 2 is 1.60 bits per heavy atom. The van der Waals surface area contributed by atoms with Gasteiger partial charge in [-0.05, 0) is 11.0 Å². The molecule has 2 rings (SSSR count). The van der Waals surface area contributed by atoms with Crippen LogP contribution in [0.4, 0.5) is 0 Å². The number of hydrogen-bond acceptors (Lipinski definition) is 2. The van der Waals surface area contributed by atoms with Crippen LogP contribution < -0.4 is 0 Å². The molecule has 0 amide bonds. The van der Waals surface area contributed by atoms with Gasteiger partial charge in [0.2, 0.25) is 0 Å². The summed E-state index contributed by atoms with van der Waals surface area (Å²) in [6.45, 7) is 10.8. The van der Waals surface area contributed by atoms with Crippen molar-refractivity contribution in [2.24, 2.45) is 0 Å². The monoisotopic (exact) mass is 288 g/mol. The van der Waals surface area contributed by atoms with Crippen molar-refractivity contribution in [2.45, 2.75) is 46.0 Å². The van der Waals surface area contributed by atoms with E-state index in [0.717, 1.165) is 17.1 Å². The summed E-state index contributed by atoms with van der Waals surface area (Å²) in [5.41, 5.74) is 3.43. The molecule has 0 aliphatic rings. The quantitative estimate of drug-likeness (QED) is 0.708. The topological polar surface area (TPSA) is 25.8 Å². The second-order valence-corrected chi connectivity index (χ2v) is 6.80. The molecule has 0 fully saturated rings. The first kappa shape index (κ1) is 15.0. The van der Waals surface area contributed by atoms with Gasteiger partial charge >= 0.3 is 0 Å². The van der Waals surface area contributed by atoms with E-state index in [-0.39, 0.29) is 11.3 Å². The summed E-state index contributed by atoms with van der Waals surface area (Å²) in [4.78, 5) is 8.87. The van der Waals surface area contributed by atoms with Gasteiger partial charge in [-0.2, -0.15) is 0 Å². The molecular weight excluding hydrogens is 268 g/mol. The SMILES string of the molecule is CC(C)c1nc(Cl)cc(-c2ccc(C(C)(C)C)cc2)n1. The van der Waals surface area contributed by atoms with Crippen LogP contribution in [0.25, 0.3) is 11.3 Å². The van der Waals surface area contributed by atoms with E-state index in [1.54, 1.807) is 0 Å². The van der Waals surface area contributed by atoms with Crippen LogP contribution in [0.15, 0.2) is 30.3 Å². The summed E-state index contributed by atoms with van der Waals surface area (Å²) in [6.07, 6.45) is 0. The van der Waals surface area contributed by atoms with Crippen molar-refractivity contribution >= 4 is 11.6 Å². The summed E-state index contributed by atoms with van der Waals surface area (Å²) in [5.74, 6) is 1.05. The van der Waals surface area contributed by atoms with Crippen LogP contribution in [0.5, 0.6) is 0 Å². The predicted octanol–water partition coefficient (Wildman–Crippen LogP) is 5.22. The van der Waals surface area contributed by atoms with Crippen molar-refractivity contribution < 1.29 is 0 Å². The zero-order chi connectivity index (χ0) is 14.9. The molecule has 0 aliphatic carbocycles. The fourth-order valence-electron chi connectivity index (χ4n) is 1.98. The highest BCUT2D eigenvalue weighted by molar-refractivity contribution is 6.29. The van der Waals surface area contributed by atoms with Gasteiger partial charge in [0.05, 0.1) is 5.69 Å². The number of aromatic nitrogens is 2. The lowest BCUT2D eigenvalue weighted by Crippen LogP contribution is -2.10.